The molecule has 0 N–H and O–H groups in total. The summed E-state index contributed by atoms with van der Waals surface area (Å²) in [6.45, 7) is 0. The number of rotatable bonds is 2. The van der Waals surface area contributed by atoms with Crippen LogP contribution in [0.2, 0.25) is 0 Å². The third-order valence-corrected chi connectivity index (χ3v) is 1.68. The van der Waals surface area contributed by atoms with Crippen molar-refractivity contribution in [3.05, 3.63) is 48.1 Å². The van der Waals surface area contributed by atoms with E-state index in [0.29, 0.717) is 0 Å². The topological polar surface area (TPSA) is 3.01 Å². The number of nitrogens with zero attached hydrogens (tertiary/aromatic N) is 1. The molecular formula is C12H16N+. The van der Waals surface area contributed by atoms with Crippen molar-refractivity contribution in [1.29, 1.82) is 0 Å². The maximum Gasteiger partial charge on any atom is 0.162 e. The molecule has 0 aromatic carbocycles. The van der Waals surface area contributed by atoms with Crippen molar-refractivity contribution in [2.45, 2.75) is 6.42 Å². The zero-order chi connectivity index (χ0) is 9.52. The third kappa shape index (κ3) is 4.26. The Morgan fingerprint density at radius 1 is 1.15 bits per heavy atom. The van der Waals surface area contributed by atoms with Crippen LogP contribution in [0.3, 0.4) is 0 Å². The van der Waals surface area contributed by atoms with Gasteiger partial charge in [0.15, 0.2) is 6.21 Å². The van der Waals surface area contributed by atoms with Crippen LogP contribution < -0.4 is 0 Å². The minimum absolute atomic E-state index is 1.06. The van der Waals surface area contributed by atoms with E-state index >= 15 is 0 Å². The van der Waals surface area contributed by atoms with E-state index in [2.05, 4.69) is 36.5 Å². The molecule has 0 atom stereocenters. The van der Waals surface area contributed by atoms with E-state index in [1.165, 1.54) is 5.57 Å². The van der Waals surface area contributed by atoms with Gasteiger partial charge in [0.2, 0.25) is 0 Å². The Kier molecular flexibility index (Phi) is 3.97. The molecule has 13 heavy (non-hydrogen) atoms. The van der Waals surface area contributed by atoms with Crippen molar-refractivity contribution < 1.29 is 4.58 Å². The molecule has 0 aromatic rings. The zero-order valence-electron chi connectivity index (χ0n) is 8.27. The van der Waals surface area contributed by atoms with E-state index < -0.39 is 0 Å². The third-order valence-electron chi connectivity index (χ3n) is 1.68. The molecule has 0 heterocycles. The molecule has 1 nitrogen and oxygen atoms in total. The van der Waals surface area contributed by atoms with Crippen molar-refractivity contribution in [2.24, 2.45) is 0 Å². The summed E-state index contributed by atoms with van der Waals surface area (Å²) in [4.78, 5) is 0. The van der Waals surface area contributed by atoms with Gasteiger partial charge in [-0.2, -0.15) is 0 Å². The molecule has 0 unspecified atom stereocenters. The molecule has 1 rings (SSSR count). The van der Waals surface area contributed by atoms with Crippen LogP contribution >= 0.6 is 0 Å². The minimum atomic E-state index is 1.06. The zero-order valence-corrected chi connectivity index (χ0v) is 8.27. The quantitative estimate of drug-likeness (QED) is 0.446. The van der Waals surface area contributed by atoms with Gasteiger partial charge in [0.25, 0.3) is 0 Å². The molecule has 0 saturated carbocycles. The first-order valence-electron chi connectivity index (χ1n) is 4.50. The lowest BCUT2D eigenvalue weighted by molar-refractivity contribution is -0.458. The Labute approximate surface area is 80.1 Å². The first-order valence-corrected chi connectivity index (χ1v) is 4.50. The lowest BCUT2D eigenvalue weighted by Crippen LogP contribution is -1.94. The molecule has 1 aliphatic rings. The van der Waals surface area contributed by atoms with Crippen LogP contribution in [0.15, 0.2) is 48.1 Å². The predicted molar refractivity (Wildman–Crippen MR) is 58.3 cm³/mol. The lowest BCUT2D eigenvalue weighted by Gasteiger charge is -1.96. The van der Waals surface area contributed by atoms with Gasteiger partial charge in [-0.25, -0.2) is 4.58 Å². The Morgan fingerprint density at radius 2 is 1.85 bits per heavy atom. The number of hydrogen-bond acceptors (Lipinski definition) is 0. The second kappa shape index (κ2) is 5.31. The highest BCUT2D eigenvalue weighted by atomic mass is 14.9. The Hall–Kier alpha value is -1.37. The van der Waals surface area contributed by atoms with E-state index in [4.69, 9.17) is 0 Å². The highest BCUT2D eigenvalue weighted by molar-refractivity contribution is 5.66. The molecule has 68 valence electrons. The molecule has 0 fully saturated rings. The fourth-order valence-electron chi connectivity index (χ4n) is 1.04. The van der Waals surface area contributed by atoms with Crippen molar-refractivity contribution in [3.63, 3.8) is 0 Å². The largest absolute Gasteiger partial charge is 0.241 e. The highest BCUT2D eigenvalue weighted by Gasteiger charge is 1.87. The summed E-state index contributed by atoms with van der Waals surface area (Å²) in [5.74, 6) is 0. The van der Waals surface area contributed by atoms with E-state index in [0.717, 1.165) is 6.42 Å². The van der Waals surface area contributed by atoms with Crippen LogP contribution in [0.1, 0.15) is 6.42 Å². The summed E-state index contributed by atoms with van der Waals surface area (Å²) in [5, 5.41) is 0. The standard InChI is InChI=1S/C12H16N/c1-13(2)11-7-6-10-12-8-4-3-5-9-12/h4-11H,3H2,1-2H3/q+1. The minimum Gasteiger partial charge on any atom is -0.241 e. The Bertz CT molecular complexity index is 283. The average molecular weight is 174 g/mol. The molecule has 0 spiro atoms. The molecular weight excluding hydrogens is 158 g/mol. The van der Waals surface area contributed by atoms with Gasteiger partial charge in [-0.3, -0.25) is 0 Å². The molecule has 0 aliphatic heterocycles. The van der Waals surface area contributed by atoms with Crippen molar-refractivity contribution >= 4 is 6.21 Å². The molecule has 0 radical (unpaired) electrons. The van der Waals surface area contributed by atoms with Gasteiger partial charge in [-0.05, 0) is 12.0 Å². The molecule has 0 saturated heterocycles. The molecule has 1 aliphatic carbocycles. The maximum absolute atomic E-state index is 2.16. The normalized spacial score (nSPS) is 15.1. The highest BCUT2D eigenvalue weighted by Crippen LogP contribution is 2.07. The molecule has 0 amide bonds. The maximum atomic E-state index is 2.16. The number of hydrogen-bond donors (Lipinski definition) is 0. The first-order chi connectivity index (χ1) is 6.29. The van der Waals surface area contributed by atoms with Gasteiger partial charge in [0, 0.05) is 6.08 Å². The van der Waals surface area contributed by atoms with Crippen LogP contribution in [0.4, 0.5) is 0 Å². The van der Waals surface area contributed by atoms with E-state index in [-0.39, 0.29) is 0 Å². The van der Waals surface area contributed by atoms with Crippen LogP contribution in [-0.4, -0.2) is 24.9 Å². The van der Waals surface area contributed by atoms with Gasteiger partial charge < -0.3 is 0 Å². The van der Waals surface area contributed by atoms with Crippen molar-refractivity contribution in [2.75, 3.05) is 14.1 Å². The predicted octanol–water partition coefficient (Wildman–Crippen LogP) is 2.33. The van der Waals surface area contributed by atoms with Crippen LogP contribution in [0.25, 0.3) is 0 Å². The van der Waals surface area contributed by atoms with Gasteiger partial charge in [0.1, 0.15) is 14.1 Å². The Morgan fingerprint density at radius 3 is 2.46 bits per heavy atom. The summed E-state index contributed by atoms with van der Waals surface area (Å²) in [6, 6.07) is 0. The van der Waals surface area contributed by atoms with Crippen LogP contribution in [-0.2, 0) is 0 Å². The Balaban J connectivity index is 2.52. The molecule has 0 aromatic heterocycles. The SMILES string of the molecule is C[N+](C)=CC=CC=C1C=CCC=C1. The van der Waals surface area contributed by atoms with E-state index in [9.17, 15) is 0 Å². The van der Waals surface area contributed by atoms with Crippen LogP contribution in [0.5, 0.6) is 0 Å². The fraction of sp³-hybridized carbons (Fsp3) is 0.250. The van der Waals surface area contributed by atoms with Gasteiger partial charge >= 0.3 is 0 Å². The first kappa shape index (κ1) is 9.72. The summed E-state index contributed by atoms with van der Waals surface area (Å²) < 4.78 is 2.02. The lowest BCUT2D eigenvalue weighted by atomic mass is 10.1. The van der Waals surface area contributed by atoms with Gasteiger partial charge in [-0.15, -0.1) is 0 Å². The summed E-state index contributed by atoms with van der Waals surface area (Å²) >= 11 is 0. The monoisotopic (exact) mass is 174 g/mol. The van der Waals surface area contributed by atoms with Gasteiger partial charge in [-0.1, -0.05) is 36.5 Å². The van der Waals surface area contributed by atoms with Gasteiger partial charge in [0.05, 0.1) is 0 Å². The summed E-state index contributed by atoms with van der Waals surface area (Å²) in [5.41, 5.74) is 1.26. The van der Waals surface area contributed by atoms with E-state index in [1.54, 1.807) is 0 Å². The summed E-state index contributed by atoms with van der Waals surface area (Å²) in [7, 11) is 4.02. The number of allylic oxidation sites excluding steroid dienone is 8. The van der Waals surface area contributed by atoms with Crippen molar-refractivity contribution in [1.82, 2.24) is 0 Å². The van der Waals surface area contributed by atoms with Crippen LogP contribution in [0, 0.1) is 0 Å². The van der Waals surface area contributed by atoms with E-state index in [1.807, 2.05) is 31.0 Å². The second-order valence-electron chi connectivity index (χ2n) is 3.20. The molecule has 0 bridgehead atoms. The molecule has 1 heteroatoms. The van der Waals surface area contributed by atoms with Crippen molar-refractivity contribution in [3.8, 4) is 0 Å². The second-order valence-corrected chi connectivity index (χ2v) is 3.20. The summed E-state index contributed by atoms with van der Waals surface area (Å²) in [6.07, 6.45) is 17.9. The fourth-order valence-corrected chi connectivity index (χ4v) is 1.04. The smallest absolute Gasteiger partial charge is 0.162 e. The average Bonchev–Trinajstić information content (AvgIpc) is 2.14.